The molecule has 0 aliphatic carbocycles. The van der Waals surface area contributed by atoms with Gasteiger partial charge in [0, 0.05) is 29.6 Å². The predicted molar refractivity (Wildman–Crippen MR) is 109 cm³/mol. The van der Waals surface area contributed by atoms with Crippen LogP contribution in [-0.4, -0.2) is 46.6 Å². The highest BCUT2D eigenvalue weighted by molar-refractivity contribution is 6.30. The standard InChI is InChI=1S/C21H18ClF3N2O4/c22-11-7-14(24)20(15(25)8-11)27-6-5-21(30,17(28)9-27)10-31-16-3-2-13(23)19-12(16)1-4-18(29)26-19/h1-4,7-8,17,28,30H,5-6,9-10H2,(H,26,29)/t17-,21-/m1/s1. The number of ether oxygens (including phenoxy) is 1. The number of fused-ring (bicyclic) bond motifs is 1. The van der Waals surface area contributed by atoms with E-state index < -0.39 is 34.7 Å². The van der Waals surface area contributed by atoms with Crippen LogP contribution in [0.25, 0.3) is 10.9 Å². The maximum Gasteiger partial charge on any atom is 0.248 e. The molecule has 0 unspecified atom stereocenters. The first-order chi connectivity index (χ1) is 14.7. The largest absolute Gasteiger partial charge is 0.490 e. The van der Waals surface area contributed by atoms with E-state index in [1.54, 1.807) is 0 Å². The van der Waals surface area contributed by atoms with Crippen molar-refractivity contribution < 1.29 is 28.1 Å². The number of nitrogens with zero attached hydrogens (tertiary/aromatic N) is 1. The monoisotopic (exact) mass is 454 g/mol. The molecule has 0 bridgehead atoms. The van der Waals surface area contributed by atoms with Gasteiger partial charge in [0.05, 0.1) is 5.52 Å². The molecule has 1 aromatic heterocycles. The lowest BCUT2D eigenvalue weighted by Gasteiger charge is -2.42. The van der Waals surface area contributed by atoms with Crippen LogP contribution in [-0.2, 0) is 0 Å². The molecular weight excluding hydrogens is 437 g/mol. The molecule has 1 fully saturated rings. The summed E-state index contributed by atoms with van der Waals surface area (Å²) in [6, 6.07) is 7.01. The van der Waals surface area contributed by atoms with Gasteiger partial charge in [-0.15, -0.1) is 0 Å². The zero-order valence-corrected chi connectivity index (χ0v) is 16.8. The Morgan fingerprint density at radius 3 is 2.55 bits per heavy atom. The summed E-state index contributed by atoms with van der Waals surface area (Å²) >= 11 is 5.65. The zero-order chi connectivity index (χ0) is 22.3. The molecule has 3 N–H and O–H groups in total. The van der Waals surface area contributed by atoms with Gasteiger partial charge in [-0.1, -0.05) is 11.6 Å². The summed E-state index contributed by atoms with van der Waals surface area (Å²) in [6.07, 6.45) is -1.44. The molecule has 10 heteroatoms. The van der Waals surface area contributed by atoms with E-state index >= 15 is 0 Å². The van der Waals surface area contributed by atoms with E-state index in [4.69, 9.17) is 16.3 Å². The third kappa shape index (κ3) is 4.08. The molecule has 3 aromatic rings. The average molecular weight is 455 g/mol. The number of aliphatic hydroxyl groups excluding tert-OH is 1. The van der Waals surface area contributed by atoms with Crippen LogP contribution in [0.3, 0.4) is 0 Å². The highest BCUT2D eigenvalue weighted by Gasteiger charge is 2.42. The van der Waals surface area contributed by atoms with Gasteiger partial charge in [0.1, 0.15) is 35.6 Å². The summed E-state index contributed by atoms with van der Waals surface area (Å²) in [7, 11) is 0. The van der Waals surface area contributed by atoms with Gasteiger partial charge in [0.2, 0.25) is 5.56 Å². The predicted octanol–water partition coefficient (Wildman–Crippen LogP) is 2.98. The highest BCUT2D eigenvalue weighted by Crippen LogP contribution is 2.33. The first-order valence-corrected chi connectivity index (χ1v) is 9.80. The van der Waals surface area contributed by atoms with Crippen LogP contribution in [0.5, 0.6) is 5.75 Å². The Morgan fingerprint density at radius 1 is 1.16 bits per heavy atom. The van der Waals surface area contributed by atoms with Crippen molar-refractivity contribution >= 4 is 28.2 Å². The van der Waals surface area contributed by atoms with E-state index in [2.05, 4.69) is 4.98 Å². The van der Waals surface area contributed by atoms with Gasteiger partial charge in [0.25, 0.3) is 0 Å². The number of H-pyrrole nitrogens is 1. The van der Waals surface area contributed by atoms with Crippen LogP contribution < -0.4 is 15.2 Å². The number of piperidine rings is 1. The molecule has 2 heterocycles. The lowest BCUT2D eigenvalue weighted by Crippen LogP contribution is -2.58. The quantitative estimate of drug-likeness (QED) is 0.564. The molecule has 4 rings (SSSR count). The summed E-state index contributed by atoms with van der Waals surface area (Å²) in [5, 5.41) is 21.6. The molecule has 1 saturated heterocycles. The Bertz CT molecular complexity index is 1180. The molecule has 1 aliphatic rings. The van der Waals surface area contributed by atoms with Crippen LogP contribution in [0.2, 0.25) is 5.02 Å². The number of β-amino-alcohol motifs (C(OH)–C–C–N with tert-alkyl or cyclic N) is 1. The Morgan fingerprint density at radius 2 is 1.87 bits per heavy atom. The number of rotatable bonds is 4. The van der Waals surface area contributed by atoms with Gasteiger partial charge < -0.3 is 24.8 Å². The Labute approximate surface area is 179 Å². The Kier molecular flexibility index (Phi) is 5.59. The maximum absolute atomic E-state index is 14.2. The fraction of sp³-hybridized carbons (Fsp3) is 0.286. The van der Waals surface area contributed by atoms with Crippen LogP contribution in [0.15, 0.2) is 41.2 Å². The van der Waals surface area contributed by atoms with Gasteiger partial charge in [0.15, 0.2) is 11.6 Å². The zero-order valence-electron chi connectivity index (χ0n) is 16.0. The molecule has 0 radical (unpaired) electrons. The first-order valence-electron chi connectivity index (χ1n) is 9.42. The van der Waals surface area contributed by atoms with Crippen molar-refractivity contribution in [2.24, 2.45) is 0 Å². The van der Waals surface area contributed by atoms with Crippen LogP contribution in [0.4, 0.5) is 18.9 Å². The van der Waals surface area contributed by atoms with E-state index in [0.29, 0.717) is 5.39 Å². The van der Waals surface area contributed by atoms with Gasteiger partial charge in [-0.3, -0.25) is 4.79 Å². The minimum atomic E-state index is -1.71. The average Bonchev–Trinajstić information content (AvgIpc) is 2.70. The number of hydrogen-bond donors (Lipinski definition) is 3. The first kappa shape index (κ1) is 21.5. The van der Waals surface area contributed by atoms with Crippen molar-refractivity contribution in [2.45, 2.75) is 18.1 Å². The summed E-state index contributed by atoms with van der Waals surface area (Å²) in [4.78, 5) is 15.1. The second-order valence-electron chi connectivity index (χ2n) is 7.48. The number of hydrogen-bond acceptors (Lipinski definition) is 5. The molecular formula is C21H18ClF3N2O4. The third-order valence-corrected chi connectivity index (χ3v) is 5.63. The summed E-state index contributed by atoms with van der Waals surface area (Å²) in [5.41, 5.74) is -2.56. The SMILES string of the molecule is O=c1ccc2c(OC[C@]3(O)CCN(c4c(F)cc(Cl)cc4F)C[C@H]3O)ccc(F)c2[nH]1. The second kappa shape index (κ2) is 8.07. The normalized spacial score (nSPS) is 21.5. The van der Waals surface area contributed by atoms with Gasteiger partial charge >= 0.3 is 0 Å². The van der Waals surface area contributed by atoms with Crippen molar-refractivity contribution in [3.05, 3.63) is 69.2 Å². The number of nitrogens with one attached hydrogen (secondary N) is 1. The highest BCUT2D eigenvalue weighted by atomic mass is 35.5. The summed E-state index contributed by atoms with van der Waals surface area (Å²) < 4.78 is 48.0. The Hall–Kier alpha value is -2.75. The topological polar surface area (TPSA) is 85.8 Å². The van der Waals surface area contributed by atoms with E-state index in [-0.39, 0.29) is 48.1 Å². The summed E-state index contributed by atoms with van der Waals surface area (Å²) in [5.74, 6) is -2.18. The molecule has 6 nitrogen and oxygen atoms in total. The van der Waals surface area contributed by atoms with Crippen molar-refractivity contribution in [2.75, 3.05) is 24.6 Å². The molecule has 0 saturated carbocycles. The third-order valence-electron chi connectivity index (χ3n) is 5.41. The minimum absolute atomic E-state index is 0.0407. The lowest BCUT2D eigenvalue weighted by atomic mass is 9.89. The molecule has 2 aromatic carbocycles. The van der Waals surface area contributed by atoms with E-state index in [0.717, 1.165) is 18.2 Å². The molecule has 0 amide bonds. The summed E-state index contributed by atoms with van der Waals surface area (Å²) in [6.45, 7) is -0.551. The van der Waals surface area contributed by atoms with E-state index in [1.165, 1.54) is 23.1 Å². The lowest BCUT2D eigenvalue weighted by molar-refractivity contribution is -0.108. The van der Waals surface area contributed by atoms with Crippen LogP contribution in [0, 0.1) is 17.5 Å². The van der Waals surface area contributed by atoms with Crippen molar-refractivity contribution in [3.63, 3.8) is 0 Å². The smallest absolute Gasteiger partial charge is 0.248 e. The molecule has 31 heavy (non-hydrogen) atoms. The van der Waals surface area contributed by atoms with Crippen molar-refractivity contribution in [3.8, 4) is 5.75 Å². The van der Waals surface area contributed by atoms with Gasteiger partial charge in [-0.2, -0.15) is 0 Å². The fourth-order valence-electron chi connectivity index (χ4n) is 3.69. The number of benzene rings is 2. The number of aromatic nitrogens is 1. The number of anilines is 1. The van der Waals surface area contributed by atoms with E-state index in [9.17, 15) is 28.2 Å². The number of aromatic amines is 1. The van der Waals surface area contributed by atoms with Crippen LogP contribution >= 0.6 is 11.6 Å². The molecule has 0 spiro atoms. The fourth-order valence-corrected chi connectivity index (χ4v) is 3.88. The molecule has 2 atom stereocenters. The minimum Gasteiger partial charge on any atom is -0.490 e. The van der Waals surface area contributed by atoms with Gasteiger partial charge in [-0.05, 0) is 36.8 Å². The van der Waals surface area contributed by atoms with E-state index in [1.807, 2.05) is 0 Å². The number of aliphatic hydroxyl groups is 2. The Balaban J connectivity index is 1.52. The van der Waals surface area contributed by atoms with Crippen molar-refractivity contribution in [1.82, 2.24) is 4.98 Å². The second-order valence-corrected chi connectivity index (χ2v) is 7.92. The van der Waals surface area contributed by atoms with Gasteiger partial charge in [-0.25, -0.2) is 13.2 Å². The number of pyridine rings is 1. The van der Waals surface area contributed by atoms with Crippen molar-refractivity contribution in [1.29, 1.82) is 0 Å². The molecule has 164 valence electrons. The molecule has 1 aliphatic heterocycles. The maximum atomic E-state index is 14.2. The number of halogens is 4. The van der Waals surface area contributed by atoms with Crippen LogP contribution in [0.1, 0.15) is 6.42 Å².